The molecule has 0 bridgehead atoms. The lowest BCUT2D eigenvalue weighted by Gasteiger charge is -2.29. The Hall–Kier alpha value is -2.41. The van der Waals surface area contributed by atoms with Gasteiger partial charge in [0.1, 0.15) is 5.00 Å². The van der Waals surface area contributed by atoms with Gasteiger partial charge >= 0.3 is 0 Å². The number of hydrogen-bond acceptors (Lipinski definition) is 5. The Morgan fingerprint density at radius 3 is 2.92 bits per heavy atom. The zero-order valence-electron chi connectivity index (χ0n) is 13.8. The van der Waals surface area contributed by atoms with E-state index in [0.29, 0.717) is 22.8 Å². The molecule has 24 heavy (non-hydrogen) atoms. The third-order valence-electron chi connectivity index (χ3n) is 4.13. The van der Waals surface area contributed by atoms with Crippen LogP contribution in [-0.4, -0.2) is 36.3 Å². The minimum absolute atomic E-state index is 0.0222. The molecular weight excluding hydrogens is 324 g/mol. The van der Waals surface area contributed by atoms with Crippen molar-refractivity contribution in [2.45, 2.75) is 19.8 Å². The Morgan fingerprint density at radius 2 is 2.12 bits per heavy atom. The number of anilines is 2. The maximum atomic E-state index is 12.6. The van der Waals surface area contributed by atoms with Gasteiger partial charge in [0.2, 0.25) is 5.91 Å². The highest BCUT2D eigenvalue weighted by molar-refractivity contribution is 7.10. The monoisotopic (exact) mass is 344 g/mol. The summed E-state index contributed by atoms with van der Waals surface area (Å²) in [6.45, 7) is 2.45. The summed E-state index contributed by atoms with van der Waals surface area (Å²) < 4.78 is 4.18. The fourth-order valence-corrected chi connectivity index (χ4v) is 3.68. The maximum absolute atomic E-state index is 12.6. The molecule has 1 aromatic heterocycles. The van der Waals surface area contributed by atoms with Crippen molar-refractivity contribution in [1.82, 2.24) is 9.69 Å². The summed E-state index contributed by atoms with van der Waals surface area (Å²) in [4.78, 5) is 26.7. The van der Waals surface area contributed by atoms with E-state index in [1.807, 2.05) is 24.3 Å². The fourth-order valence-electron chi connectivity index (χ4n) is 2.94. The Morgan fingerprint density at radius 1 is 1.33 bits per heavy atom. The summed E-state index contributed by atoms with van der Waals surface area (Å²) in [6, 6.07) is 7.93. The van der Waals surface area contributed by atoms with Crippen molar-refractivity contribution in [3.63, 3.8) is 0 Å². The summed E-state index contributed by atoms with van der Waals surface area (Å²) in [5, 5.41) is 6.40. The average molecular weight is 344 g/mol. The fraction of sp³-hybridized carbons (Fsp3) is 0.353. The quantitative estimate of drug-likeness (QED) is 0.892. The van der Waals surface area contributed by atoms with Gasteiger partial charge in [0.05, 0.1) is 17.8 Å². The Bertz CT molecular complexity index is 772. The first kappa shape index (κ1) is 16.4. The normalized spacial score (nSPS) is 13.3. The van der Waals surface area contributed by atoms with Crippen molar-refractivity contribution in [2.24, 2.45) is 0 Å². The number of aryl methyl sites for hydroxylation is 2. The summed E-state index contributed by atoms with van der Waals surface area (Å²) in [6.07, 6.45) is 1.92. The predicted molar refractivity (Wildman–Crippen MR) is 95.8 cm³/mol. The second-order valence-corrected chi connectivity index (χ2v) is 6.46. The predicted octanol–water partition coefficient (Wildman–Crippen LogP) is 2.20. The lowest BCUT2D eigenvalue weighted by molar-refractivity contribution is -0.117. The van der Waals surface area contributed by atoms with Crippen LogP contribution in [0.15, 0.2) is 24.3 Å². The number of carbonyl (C=O) groups excluding carboxylic acids is 2. The summed E-state index contributed by atoms with van der Waals surface area (Å²) in [5.41, 5.74) is 3.30. The summed E-state index contributed by atoms with van der Waals surface area (Å²) >= 11 is 1.24. The van der Waals surface area contributed by atoms with Crippen LogP contribution in [0.1, 0.15) is 28.0 Å². The van der Waals surface area contributed by atoms with Crippen molar-refractivity contribution >= 4 is 34.0 Å². The van der Waals surface area contributed by atoms with Gasteiger partial charge in [0.25, 0.3) is 5.91 Å². The topological polar surface area (TPSA) is 74.3 Å². The highest BCUT2D eigenvalue weighted by Crippen LogP contribution is 2.27. The molecule has 6 nitrogen and oxygen atoms in total. The highest BCUT2D eigenvalue weighted by Gasteiger charge is 2.23. The largest absolute Gasteiger partial charge is 0.378 e. The van der Waals surface area contributed by atoms with Crippen LogP contribution >= 0.6 is 11.5 Å². The van der Waals surface area contributed by atoms with E-state index in [-0.39, 0.29) is 18.4 Å². The van der Waals surface area contributed by atoms with E-state index in [1.54, 1.807) is 18.9 Å². The lowest BCUT2D eigenvalue weighted by Crippen LogP contribution is -2.42. The number of para-hydroxylation sites is 1. The van der Waals surface area contributed by atoms with Gasteiger partial charge < -0.3 is 15.5 Å². The van der Waals surface area contributed by atoms with Crippen LogP contribution in [0.2, 0.25) is 0 Å². The third-order valence-corrected chi connectivity index (χ3v) is 5.08. The number of hydrogen-bond donors (Lipinski definition) is 2. The first-order valence-corrected chi connectivity index (χ1v) is 8.69. The second kappa shape index (κ2) is 7.00. The first-order valence-electron chi connectivity index (χ1n) is 7.92. The molecule has 2 aromatic rings. The van der Waals surface area contributed by atoms with E-state index < -0.39 is 0 Å². The molecule has 0 aliphatic carbocycles. The van der Waals surface area contributed by atoms with E-state index in [9.17, 15) is 9.59 Å². The molecule has 3 rings (SSSR count). The molecule has 2 amide bonds. The minimum Gasteiger partial charge on any atom is -0.378 e. The molecule has 0 spiro atoms. The lowest BCUT2D eigenvalue weighted by atomic mass is 10.0. The first-order chi connectivity index (χ1) is 11.6. The number of amides is 2. The van der Waals surface area contributed by atoms with Crippen LogP contribution in [-0.2, 0) is 11.2 Å². The molecule has 0 saturated carbocycles. The molecular formula is C17H20N4O2S. The second-order valence-electron chi connectivity index (χ2n) is 5.68. The number of carbonyl (C=O) groups is 2. The molecule has 126 valence electrons. The number of benzene rings is 1. The zero-order chi connectivity index (χ0) is 17.1. The van der Waals surface area contributed by atoms with Gasteiger partial charge in [-0.15, -0.1) is 0 Å². The highest BCUT2D eigenvalue weighted by atomic mass is 32.1. The summed E-state index contributed by atoms with van der Waals surface area (Å²) in [5.74, 6) is -0.369. The molecule has 0 unspecified atom stereocenters. The van der Waals surface area contributed by atoms with Crippen LogP contribution in [0.5, 0.6) is 0 Å². The maximum Gasteiger partial charge on any atom is 0.256 e. The molecule has 2 heterocycles. The zero-order valence-corrected chi connectivity index (χ0v) is 14.6. The molecule has 0 fully saturated rings. The van der Waals surface area contributed by atoms with Gasteiger partial charge in [0.15, 0.2) is 0 Å². The molecule has 0 atom stereocenters. The van der Waals surface area contributed by atoms with E-state index in [1.165, 1.54) is 17.1 Å². The van der Waals surface area contributed by atoms with E-state index in [4.69, 9.17) is 0 Å². The van der Waals surface area contributed by atoms with E-state index in [2.05, 4.69) is 15.0 Å². The molecule has 1 aromatic carbocycles. The summed E-state index contributed by atoms with van der Waals surface area (Å²) in [7, 11) is 1.75. The third kappa shape index (κ3) is 3.12. The Balaban J connectivity index is 1.68. The number of nitrogens with one attached hydrogen (secondary N) is 2. The SMILES string of the molecule is CNc1snc(C)c1C(=O)NCC(=O)N1CCCc2ccccc21. The van der Waals surface area contributed by atoms with Crippen LogP contribution in [0.25, 0.3) is 0 Å². The van der Waals surface area contributed by atoms with Gasteiger partial charge in [0, 0.05) is 19.3 Å². The van der Waals surface area contributed by atoms with Crippen LogP contribution in [0.3, 0.4) is 0 Å². The van der Waals surface area contributed by atoms with Gasteiger partial charge in [-0.05, 0) is 42.9 Å². The molecule has 7 heteroatoms. The number of aromatic nitrogens is 1. The van der Waals surface area contributed by atoms with Crippen LogP contribution in [0, 0.1) is 6.92 Å². The van der Waals surface area contributed by atoms with Crippen LogP contribution < -0.4 is 15.5 Å². The van der Waals surface area contributed by atoms with Crippen molar-refractivity contribution in [1.29, 1.82) is 0 Å². The van der Waals surface area contributed by atoms with Gasteiger partial charge in [-0.1, -0.05) is 18.2 Å². The molecule has 0 radical (unpaired) electrons. The van der Waals surface area contributed by atoms with Crippen molar-refractivity contribution in [3.05, 3.63) is 41.1 Å². The smallest absolute Gasteiger partial charge is 0.256 e. The Kier molecular flexibility index (Phi) is 4.80. The van der Waals surface area contributed by atoms with Crippen molar-refractivity contribution < 1.29 is 9.59 Å². The minimum atomic E-state index is -0.274. The number of rotatable bonds is 4. The molecule has 1 aliphatic rings. The number of nitrogens with zero attached hydrogens (tertiary/aromatic N) is 2. The van der Waals surface area contributed by atoms with Crippen molar-refractivity contribution in [2.75, 3.05) is 30.4 Å². The van der Waals surface area contributed by atoms with Gasteiger partial charge in [-0.2, -0.15) is 4.37 Å². The van der Waals surface area contributed by atoms with Gasteiger partial charge in [-0.25, -0.2) is 0 Å². The van der Waals surface area contributed by atoms with Gasteiger partial charge in [-0.3, -0.25) is 9.59 Å². The molecule has 0 saturated heterocycles. The van der Waals surface area contributed by atoms with Crippen molar-refractivity contribution in [3.8, 4) is 0 Å². The number of fused-ring (bicyclic) bond motifs is 1. The molecule has 2 N–H and O–H groups in total. The van der Waals surface area contributed by atoms with E-state index >= 15 is 0 Å². The average Bonchev–Trinajstić information content (AvgIpc) is 2.99. The van der Waals surface area contributed by atoms with Crippen LogP contribution in [0.4, 0.5) is 10.7 Å². The van der Waals surface area contributed by atoms with E-state index in [0.717, 1.165) is 18.5 Å². The molecule has 1 aliphatic heterocycles. The standard InChI is InChI=1S/C17H20N4O2S/c1-11-15(17(18-2)24-20-11)16(23)19-10-14(22)21-9-5-7-12-6-3-4-8-13(12)21/h3-4,6,8,18H,5,7,9-10H2,1-2H3,(H,19,23). The Labute approximate surface area is 145 Å².